The van der Waals surface area contributed by atoms with Gasteiger partial charge in [-0.3, -0.25) is 4.79 Å². The lowest BCUT2D eigenvalue weighted by atomic mass is 10.0. The Hall–Kier alpha value is -0.570. The maximum absolute atomic E-state index is 11.5. The summed E-state index contributed by atoms with van der Waals surface area (Å²) in [4.78, 5) is 11.5. The number of carbonyl (C=O) groups is 1. The Kier molecular flexibility index (Phi) is 5.69. The number of hydrogen-bond acceptors (Lipinski definition) is 2. The predicted octanol–water partition coefficient (Wildman–Crippen LogP) is 1.81. The van der Waals surface area contributed by atoms with E-state index in [1.807, 2.05) is 0 Å². The molecule has 0 saturated heterocycles. The summed E-state index contributed by atoms with van der Waals surface area (Å²) in [7, 11) is 0. The number of carbonyl (C=O) groups excluding carboxylic acids is 1. The van der Waals surface area contributed by atoms with Crippen molar-refractivity contribution in [2.75, 3.05) is 6.54 Å². The highest BCUT2D eigenvalue weighted by atomic mass is 16.1. The molecule has 0 aromatic rings. The molecule has 0 radical (unpaired) electrons. The first-order valence-corrected chi connectivity index (χ1v) is 6.24. The molecule has 1 aliphatic carbocycles. The Morgan fingerprint density at radius 3 is 2.73 bits per heavy atom. The molecule has 1 saturated carbocycles. The maximum Gasteiger partial charge on any atom is 0.220 e. The summed E-state index contributed by atoms with van der Waals surface area (Å²) in [6, 6.07) is 0.127. The van der Waals surface area contributed by atoms with Gasteiger partial charge in [0.2, 0.25) is 5.91 Å². The molecule has 0 aliphatic heterocycles. The fourth-order valence-corrected chi connectivity index (χ4v) is 2.27. The first-order valence-electron chi connectivity index (χ1n) is 6.24. The number of nitrogens with two attached hydrogens (primary N) is 1. The van der Waals surface area contributed by atoms with Crippen LogP contribution in [0.25, 0.3) is 0 Å². The van der Waals surface area contributed by atoms with Crippen LogP contribution in [0.4, 0.5) is 0 Å². The number of rotatable bonds is 6. The number of nitrogens with one attached hydrogen (secondary N) is 1. The Morgan fingerprint density at radius 2 is 2.13 bits per heavy atom. The van der Waals surface area contributed by atoms with Gasteiger partial charge in [-0.25, -0.2) is 0 Å². The van der Waals surface area contributed by atoms with Crippen LogP contribution in [0.15, 0.2) is 0 Å². The zero-order valence-electron chi connectivity index (χ0n) is 9.80. The zero-order chi connectivity index (χ0) is 11.1. The van der Waals surface area contributed by atoms with Crippen molar-refractivity contribution in [2.24, 2.45) is 11.7 Å². The van der Waals surface area contributed by atoms with E-state index < -0.39 is 0 Å². The highest BCUT2D eigenvalue weighted by Gasteiger charge is 2.18. The van der Waals surface area contributed by atoms with E-state index in [1.165, 1.54) is 25.7 Å². The number of amides is 1. The van der Waals surface area contributed by atoms with Gasteiger partial charge in [-0.1, -0.05) is 26.2 Å². The summed E-state index contributed by atoms with van der Waals surface area (Å²) in [6.07, 6.45) is 7.84. The van der Waals surface area contributed by atoms with Crippen LogP contribution in [0, 0.1) is 5.92 Å². The lowest BCUT2D eigenvalue weighted by molar-refractivity contribution is -0.122. The monoisotopic (exact) mass is 212 g/mol. The topological polar surface area (TPSA) is 55.1 Å². The van der Waals surface area contributed by atoms with Crippen molar-refractivity contribution in [1.82, 2.24) is 5.32 Å². The molecule has 0 aromatic carbocycles. The van der Waals surface area contributed by atoms with Crippen LogP contribution < -0.4 is 11.1 Å². The largest absolute Gasteiger partial charge is 0.355 e. The van der Waals surface area contributed by atoms with Crippen LogP contribution in [0.2, 0.25) is 0 Å². The minimum atomic E-state index is 0.127. The molecule has 1 unspecified atom stereocenters. The second-order valence-corrected chi connectivity index (χ2v) is 4.71. The van der Waals surface area contributed by atoms with Gasteiger partial charge in [-0.15, -0.1) is 0 Å². The average Bonchev–Trinajstić information content (AvgIpc) is 2.68. The van der Waals surface area contributed by atoms with Crippen molar-refractivity contribution in [1.29, 1.82) is 0 Å². The normalized spacial score (nSPS) is 19.1. The van der Waals surface area contributed by atoms with Crippen LogP contribution in [-0.2, 0) is 4.79 Å². The first kappa shape index (κ1) is 12.5. The molecule has 15 heavy (non-hydrogen) atoms. The molecule has 88 valence electrons. The second kappa shape index (κ2) is 6.83. The van der Waals surface area contributed by atoms with Crippen molar-refractivity contribution in [3.8, 4) is 0 Å². The fraction of sp³-hybridized carbons (Fsp3) is 0.917. The van der Waals surface area contributed by atoms with Gasteiger partial charge in [0.05, 0.1) is 0 Å². The van der Waals surface area contributed by atoms with Gasteiger partial charge in [-0.2, -0.15) is 0 Å². The van der Waals surface area contributed by atoms with Gasteiger partial charge in [-0.05, 0) is 25.2 Å². The Morgan fingerprint density at radius 1 is 1.47 bits per heavy atom. The molecule has 3 heteroatoms. The summed E-state index contributed by atoms with van der Waals surface area (Å²) >= 11 is 0. The molecule has 0 spiro atoms. The molecule has 1 fully saturated rings. The van der Waals surface area contributed by atoms with Crippen molar-refractivity contribution < 1.29 is 4.79 Å². The average molecular weight is 212 g/mol. The van der Waals surface area contributed by atoms with Gasteiger partial charge in [0.15, 0.2) is 0 Å². The standard InChI is InChI=1S/C12H24N2O/c1-2-5-11(13)9-14-12(15)8-10-6-3-4-7-10/h10-11H,2-9,13H2,1H3,(H,14,15). The fourth-order valence-electron chi connectivity index (χ4n) is 2.27. The van der Waals surface area contributed by atoms with Crippen molar-refractivity contribution >= 4 is 5.91 Å². The van der Waals surface area contributed by atoms with E-state index in [0.717, 1.165) is 12.8 Å². The zero-order valence-corrected chi connectivity index (χ0v) is 9.80. The van der Waals surface area contributed by atoms with Crippen LogP contribution in [0.1, 0.15) is 51.9 Å². The van der Waals surface area contributed by atoms with Gasteiger partial charge < -0.3 is 11.1 Å². The first-order chi connectivity index (χ1) is 7.22. The number of hydrogen-bond donors (Lipinski definition) is 2. The van der Waals surface area contributed by atoms with E-state index in [9.17, 15) is 4.79 Å². The van der Waals surface area contributed by atoms with E-state index in [4.69, 9.17) is 5.73 Å². The molecule has 3 N–H and O–H groups in total. The van der Waals surface area contributed by atoms with Crippen molar-refractivity contribution in [3.05, 3.63) is 0 Å². The van der Waals surface area contributed by atoms with Crippen molar-refractivity contribution in [2.45, 2.75) is 57.9 Å². The van der Waals surface area contributed by atoms with Gasteiger partial charge >= 0.3 is 0 Å². The molecule has 1 aliphatic rings. The van der Waals surface area contributed by atoms with Gasteiger partial charge in [0.25, 0.3) is 0 Å². The summed E-state index contributed by atoms with van der Waals surface area (Å²) in [5.41, 5.74) is 5.83. The third-order valence-corrected chi connectivity index (χ3v) is 3.17. The lowest BCUT2D eigenvalue weighted by Gasteiger charge is -2.13. The van der Waals surface area contributed by atoms with E-state index in [2.05, 4.69) is 12.2 Å². The highest BCUT2D eigenvalue weighted by molar-refractivity contribution is 5.76. The predicted molar refractivity (Wildman–Crippen MR) is 62.5 cm³/mol. The van der Waals surface area contributed by atoms with Crippen LogP contribution >= 0.6 is 0 Å². The van der Waals surface area contributed by atoms with Crippen LogP contribution in [0.3, 0.4) is 0 Å². The van der Waals surface area contributed by atoms with E-state index in [-0.39, 0.29) is 11.9 Å². The molecule has 0 heterocycles. The van der Waals surface area contributed by atoms with E-state index >= 15 is 0 Å². The summed E-state index contributed by atoms with van der Waals surface area (Å²) in [6.45, 7) is 2.75. The quantitative estimate of drug-likeness (QED) is 0.705. The molecule has 1 atom stereocenters. The molecular formula is C12H24N2O. The summed E-state index contributed by atoms with van der Waals surface area (Å²) in [5.74, 6) is 0.820. The summed E-state index contributed by atoms with van der Waals surface area (Å²) in [5, 5.41) is 2.93. The molecular weight excluding hydrogens is 188 g/mol. The molecule has 1 amide bonds. The van der Waals surface area contributed by atoms with E-state index in [0.29, 0.717) is 18.9 Å². The Balaban J connectivity index is 2.07. The molecule has 0 bridgehead atoms. The third kappa shape index (κ3) is 5.17. The van der Waals surface area contributed by atoms with Gasteiger partial charge in [0, 0.05) is 19.0 Å². The van der Waals surface area contributed by atoms with Gasteiger partial charge in [0.1, 0.15) is 0 Å². The lowest BCUT2D eigenvalue weighted by Crippen LogP contribution is -2.37. The van der Waals surface area contributed by atoms with Crippen LogP contribution in [0.5, 0.6) is 0 Å². The molecule has 3 nitrogen and oxygen atoms in total. The third-order valence-electron chi connectivity index (χ3n) is 3.17. The molecule has 1 rings (SSSR count). The SMILES string of the molecule is CCCC(N)CNC(=O)CC1CCCC1. The summed E-state index contributed by atoms with van der Waals surface area (Å²) < 4.78 is 0. The van der Waals surface area contributed by atoms with Crippen LogP contribution in [-0.4, -0.2) is 18.5 Å². The highest BCUT2D eigenvalue weighted by Crippen LogP contribution is 2.27. The molecule has 0 aromatic heterocycles. The second-order valence-electron chi connectivity index (χ2n) is 4.71. The Bertz CT molecular complexity index is 188. The Labute approximate surface area is 92.8 Å². The minimum absolute atomic E-state index is 0.127. The van der Waals surface area contributed by atoms with E-state index in [1.54, 1.807) is 0 Å². The maximum atomic E-state index is 11.5. The smallest absolute Gasteiger partial charge is 0.220 e. The van der Waals surface area contributed by atoms with Crippen molar-refractivity contribution in [3.63, 3.8) is 0 Å². The minimum Gasteiger partial charge on any atom is -0.355 e.